The highest BCUT2D eigenvalue weighted by molar-refractivity contribution is 7.99. The van der Waals surface area contributed by atoms with Crippen molar-refractivity contribution in [2.45, 2.75) is 24.7 Å². The van der Waals surface area contributed by atoms with Crippen LogP contribution in [0.25, 0.3) is 10.9 Å². The van der Waals surface area contributed by atoms with Crippen LogP contribution in [0.15, 0.2) is 24.3 Å². The van der Waals surface area contributed by atoms with Gasteiger partial charge in [0.25, 0.3) is 0 Å². The van der Waals surface area contributed by atoms with Gasteiger partial charge < -0.3 is 19.9 Å². The van der Waals surface area contributed by atoms with Gasteiger partial charge in [-0.25, -0.2) is 4.98 Å². The molecule has 2 aromatic rings. The Morgan fingerprint density at radius 3 is 2.65 bits per heavy atom. The van der Waals surface area contributed by atoms with Crippen molar-refractivity contribution < 1.29 is 22.7 Å². The number of benzene rings is 1. The maximum Gasteiger partial charge on any atom is 0.417 e. The Morgan fingerprint density at radius 1 is 1.18 bits per heavy atom. The number of methoxy groups -OCH3 is 1. The molecule has 184 valence electrons. The van der Waals surface area contributed by atoms with Gasteiger partial charge in [0, 0.05) is 56.4 Å². The third kappa shape index (κ3) is 4.65. The number of rotatable bonds is 4. The fourth-order valence-corrected chi connectivity index (χ4v) is 5.98. The van der Waals surface area contributed by atoms with Crippen LogP contribution in [0.3, 0.4) is 0 Å². The number of nitrogens with zero attached hydrogens (tertiary/aromatic N) is 4. The van der Waals surface area contributed by atoms with Gasteiger partial charge in [0.05, 0.1) is 30.1 Å². The Kier molecular flexibility index (Phi) is 6.51. The normalized spacial score (nSPS) is 24.2. The van der Waals surface area contributed by atoms with Gasteiger partial charge in [0.1, 0.15) is 11.6 Å². The molecule has 3 aliphatic heterocycles. The van der Waals surface area contributed by atoms with Crippen LogP contribution in [0.2, 0.25) is 0 Å². The molecule has 1 amide bonds. The zero-order chi connectivity index (χ0) is 23.9. The molecule has 3 fully saturated rings. The number of nitrogens with one attached hydrogen (secondary N) is 1. The molecule has 3 aliphatic rings. The predicted octanol–water partition coefficient (Wildman–Crippen LogP) is 2.65. The number of carbonyl (C=O) groups is 1. The molecule has 1 aromatic heterocycles. The second kappa shape index (κ2) is 9.43. The van der Waals surface area contributed by atoms with Gasteiger partial charge in [-0.1, -0.05) is 0 Å². The zero-order valence-corrected chi connectivity index (χ0v) is 19.8. The van der Waals surface area contributed by atoms with E-state index in [0.29, 0.717) is 30.2 Å². The first-order valence-electron chi connectivity index (χ1n) is 11.5. The summed E-state index contributed by atoms with van der Waals surface area (Å²) in [6.45, 7) is 4.18. The van der Waals surface area contributed by atoms with Crippen molar-refractivity contribution in [1.82, 2.24) is 20.1 Å². The monoisotopic (exact) mass is 495 g/mol. The maximum atomic E-state index is 13.8. The van der Waals surface area contributed by atoms with Crippen molar-refractivity contribution in [2.75, 3.05) is 62.9 Å². The van der Waals surface area contributed by atoms with Gasteiger partial charge in [-0.3, -0.25) is 9.69 Å². The van der Waals surface area contributed by atoms with Gasteiger partial charge in [-0.15, -0.1) is 11.8 Å². The first kappa shape index (κ1) is 23.5. The summed E-state index contributed by atoms with van der Waals surface area (Å²) in [7, 11) is 1.43. The van der Waals surface area contributed by atoms with Crippen molar-refractivity contribution in [2.24, 2.45) is 0 Å². The lowest BCUT2D eigenvalue weighted by Crippen LogP contribution is -2.51. The number of fused-ring (bicyclic) bond motifs is 1. The van der Waals surface area contributed by atoms with E-state index in [9.17, 15) is 18.0 Å². The number of alkyl halides is 3. The molecule has 34 heavy (non-hydrogen) atoms. The molecule has 4 heterocycles. The van der Waals surface area contributed by atoms with Crippen LogP contribution >= 0.6 is 11.8 Å². The number of amides is 1. The summed E-state index contributed by atoms with van der Waals surface area (Å²) in [5.41, 5.74) is -0.398. The van der Waals surface area contributed by atoms with E-state index in [-0.39, 0.29) is 23.4 Å². The molecule has 1 aromatic carbocycles. The van der Waals surface area contributed by atoms with Crippen LogP contribution < -0.4 is 15.0 Å². The highest BCUT2D eigenvalue weighted by Crippen LogP contribution is 2.38. The Morgan fingerprint density at radius 2 is 1.97 bits per heavy atom. The minimum atomic E-state index is -4.49. The van der Waals surface area contributed by atoms with E-state index >= 15 is 0 Å². The van der Waals surface area contributed by atoms with Crippen LogP contribution in [-0.4, -0.2) is 90.8 Å². The number of aromatic nitrogens is 1. The molecule has 0 aliphatic carbocycles. The van der Waals surface area contributed by atoms with Gasteiger partial charge in [0.15, 0.2) is 0 Å². The second-order valence-corrected chi connectivity index (χ2v) is 10.00. The lowest BCUT2D eigenvalue weighted by molar-refractivity contribution is -0.136. The predicted molar refractivity (Wildman–Crippen MR) is 126 cm³/mol. The molecule has 7 nitrogen and oxygen atoms in total. The van der Waals surface area contributed by atoms with Crippen LogP contribution in [0.5, 0.6) is 5.75 Å². The number of anilines is 1. The van der Waals surface area contributed by atoms with Crippen molar-refractivity contribution in [3.8, 4) is 5.75 Å². The molecule has 11 heteroatoms. The molecule has 2 atom stereocenters. The lowest BCUT2D eigenvalue weighted by atomic mass is 10.1. The second-order valence-electron chi connectivity index (χ2n) is 8.92. The fourth-order valence-electron chi connectivity index (χ4n) is 5.02. The summed E-state index contributed by atoms with van der Waals surface area (Å²) in [4.78, 5) is 23.4. The Hall–Kier alpha value is -2.24. The minimum Gasteiger partial charge on any atom is -0.497 e. The zero-order valence-electron chi connectivity index (χ0n) is 19.0. The summed E-state index contributed by atoms with van der Waals surface area (Å²) in [6.07, 6.45) is -3.72. The Bertz CT molecular complexity index is 1050. The Labute approximate surface area is 200 Å². The first-order valence-corrected chi connectivity index (χ1v) is 12.6. The lowest BCUT2D eigenvalue weighted by Gasteiger charge is -2.38. The Balaban J connectivity index is 1.26. The number of hydrogen-bond donors (Lipinski definition) is 1. The number of pyridine rings is 1. The topological polar surface area (TPSA) is 60.9 Å². The van der Waals surface area contributed by atoms with E-state index in [1.807, 2.05) is 9.80 Å². The first-order chi connectivity index (χ1) is 16.3. The average Bonchev–Trinajstić information content (AvgIpc) is 3.55. The van der Waals surface area contributed by atoms with E-state index in [0.717, 1.165) is 50.3 Å². The van der Waals surface area contributed by atoms with Gasteiger partial charge in [-0.05, 0) is 30.7 Å². The molecule has 5 rings (SSSR count). The van der Waals surface area contributed by atoms with Crippen molar-refractivity contribution >= 4 is 34.4 Å². The summed E-state index contributed by atoms with van der Waals surface area (Å²) < 4.78 is 46.6. The van der Waals surface area contributed by atoms with E-state index in [1.165, 1.54) is 13.2 Å². The van der Waals surface area contributed by atoms with Gasteiger partial charge in [-0.2, -0.15) is 13.2 Å². The fraction of sp³-hybridized carbons (Fsp3) is 0.565. The summed E-state index contributed by atoms with van der Waals surface area (Å²) in [5.74, 6) is 2.66. The molecular weight excluding hydrogens is 467 g/mol. The van der Waals surface area contributed by atoms with Crippen LogP contribution in [0, 0.1) is 0 Å². The number of halogens is 3. The molecule has 0 saturated carbocycles. The van der Waals surface area contributed by atoms with Crippen LogP contribution in [0.1, 0.15) is 12.0 Å². The number of hydrogen-bond acceptors (Lipinski definition) is 7. The summed E-state index contributed by atoms with van der Waals surface area (Å²) >= 11 is 1.78. The summed E-state index contributed by atoms with van der Waals surface area (Å²) in [5, 5.41) is 3.41. The molecule has 1 N–H and O–H groups in total. The van der Waals surface area contributed by atoms with Gasteiger partial charge >= 0.3 is 6.18 Å². The molecule has 0 unspecified atom stereocenters. The number of ether oxygens (including phenoxy) is 1. The molecule has 0 bridgehead atoms. The van der Waals surface area contributed by atoms with Crippen LogP contribution in [0.4, 0.5) is 19.0 Å². The van der Waals surface area contributed by atoms with E-state index in [4.69, 9.17) is 4.74 Å². The number of carbonyl (C=O) groups excluding carboxylic acids is 1. The van der Waals surface area contributed by atoms with Crippen molar-refractivity contribution in [3.05, 3.63) is 29.8 Å². The summed E-state index contributed by atoms with van der Waals surface area (Å²) in [6, 6.07) is 5.85. The smallest absolute Gasteiger partial charge is 0.417 e. The number of piperazine rings is 1. The molecule has 0 radical (unpaired) electrons. The SMILES string of the molecule is COc1ccc2nc(N3CCN([C@@H]4CN[C@H](C(=O)N5CCSC5)C4)CC3)cc(C(F)(F)F)c2c1. The quantitative estimate of drug-likeness (QED) is 0.700. The van der Waals surface area contributed by atoms with Crippen LogP contribution in [-0.2, 0) is 11.0 Å². The maximum absolute atomic E-state index is 13.8. The third-order valence-electron chi connectivity index (χ3n) is 6.93. The highest BCUT2D eigenvalue weighted by atomic mass is 32.2. The van der Waals surface area contributed by atoms with E-state index in [1.54, 1.807) is 23.9 Å². The molecular formula is C23H28F3N5O2S. The largest absolute Gasteiger partial charge is 0.497 e. The van der Waals surface area contributed by atoms with Crippen molar-refractivity contribution in [1.29, 1.82) is 0 Å². The molecule has 0 spiro atoms. The number of thioether (sulfide) groups is 1. The minimum absolute atomic E-state index is 0.0402. The highest BCUT2D eigenvalue weighted by Gasteiger charge is 2.38. The molecule has 3 saturated heterocycles. The van der Waals surface area contributed by atoms with Crippen molar-refractivity contribution in [3.63, 3.8) is 0 Å². The van der Waals surface area contributed by atoms with Gasteiger partial charge in [0.2, 0.25) is 5.91 Å². The average molecular weight is 496 g/mol. The standard InChI is InChI=1S/C23H28F3N5O2S/c1-33-16-2-3-19-17(11-16)18(23(24,25)26)12-21(28-19)30-6-4-29(5-7-30)15-10-20(27-13-15)22(32)31-8-9-34-14-31/h2-3,11-12,15,20,27H,4-10,13-14H2,1H3/t15-,20-/m0/s1. The third-order valence-corrected chi connectivity index (χ3v) is 7.90. The van der Waals surface area contributed by atoms with E-state index < -0.39 is 11.7 Å². The van der Waals surface area contributed by atoms with E-state index in [2.05, 4.69) is 15.2 Å².